The second kappa shape index (κ2) is 6.97. The molecule has 0 radical (unpaired) electrons. The second-order valence-electron chi connectivity index (χ2n) is 6.32. The molecule has 1 fully saturated rings. The van der Waals surface area contributed by atoms with Crippen molar-refractivity contribution in [3.8, 4) is 0 Å². The molecule has 1 amide bonds. The summed E-state index contributed by atoms with van der Waals surface area (Å²) in [5, 5.41) is 3.41. The van der Waals surface area contributed by atoms with Crippen molar-refractivity contribution in [3.05, 3.63) is 29.3 Å². The Kier molecular flexibility index (Phi) is 5.27. The van der Waals surface area contributed by atoms with E-state index in [0.717, 1.165) is 37.1 Å². The summed E-state index contributed by atoms with van der Waals surface area (Å²) in [6.45, 7) is 9.44. The highest BCUT2D eigenvalue weighted by molar-refractivity contribution is 6.00. The first-order valence-electron chi connectivity index (χ1n) is 8.21. The molecule has 0 saturated carbocycles. The van der Waals surface area contributed by atoms with Crippen molar-refractivity contribution < 1.29 is 4.79 Å². The van der Waals surface area contributed by atoms with Crippen molar-refractivity contribution in [2.24, 2.45) is 0 Å². The van der Waals surface area contributed by atoms with Gasteiger partial charge in [0.15, 0.2) is 0 Å². The van der Waals surface area contributed by atoms with Gasteiger partial charge >= 0.3 is 0 Å². The standard InChI is InChI=1S/C18H28N2O/c1-5-11-19-17-12-13(2)9-10-16(17)18(21)20-14(3)7-6-8-15(20)4/h9-10,12,14-15,19H,5-8,11H2,1-4H3/t14-,15+. The van der Waals surface area contributed by atoms with E-state index >= 15 is 0 Å². The first kappa shape index (κ1) is 15.9. The minimum Gasteiger partial charge on any atom is -0.384 e. The molecule has 1 aromatic rings. The van der Waals surface area contributed by atoms with Crippen LogP contribution in [-0.2, 0) is 0 Å². The van der Waals surface area contributed by atoms with E-state index in [4.69, 9.17) is 0 Å². The number of likely N-dealkylation sites (tertiary alicyclic amines) is 1. The van der Waals surface area contributed by atoms with Gasteiger partial charge in [-0.3, -0.25) is 4.79 Å². The number of hydrogen-bond donors (Lipinski definition) is 1. The second-order valence-corrected chi connectivity index (χ2v) is 6.32. The minimum absolute atomic E-state index is 0.174. The van der Waals surface area contributed by atoms with Crippen molar-refractivity contribution >= 4 is 11.6 Å². The summed E-state index contributed by atoms with van der Waals surface area (Å²) in [6.07, 6.45) is 4.50. The average Bonchev–Trinajstić information content (AvgIpc) is 2.44. The molecule has 2 atom stereocenters. The molecule has 1 aliphatic rings. The third kappa shape index (κ3) is 3.58. The van der Waals surface area contributed by atoms with Gasteiger partial charge in [0.25, 0.3) is 5.91 Å². The Morgan fingerprint density at radius 2 is 1.95 bits per heavy atom. The molecule has 1 heterocycles. The van der Waals surface area contributed by atoms with Crippen molar-refractivity contribution in [3.63, 3.8) is 0 Å². The number of carbonyl (C=O) groups excluding carboxylic acids is 1. The van der Waals surface area contributed by atoms with Crippen molar-refractivity contribution in [1.82, 2.24) is 4.90 Å². The highest BCUT2D eigenvalue weighted by Gasteiger charge is 2.30. The van der Waals surface area contributed by atoms with Gasteiger partial charge in [-0.25, -0.2) is 0 Å². The van der Waals surface area contributed by atoms with Gasteiger partial charge in [-0.15, -0.1) is 0 Å². The molecule has 0 bridgehead atoms. The number of piperidine rings is 1. The number of nitrogens with one attached hydrogen (secondary N) is 1. The summed E-state index contributed by atoms with van der Waals surface area (Å²) < 4.78 is 0. The number of benzene rings is 1. The van der Waals surface area contributed by atoms with Crippen LogP contribution in [0.2, 0.25) is 0 Å². The van der Waals surface area contributed by atoms with E-state index in [-0.39, 0.29) is 5.91 Å². The van der Waals surface area contributed by atoms with Crippen molar-refractivity contribution in [2.45, 2.75) is 65.5 Å². The molecule has 2 rings (SSSR count). The van der Waals surface area contributed by atoms with Crippen LogP contribution < -0.4 is 5.32 Å². The molecule has 0 spiro atoms. The number of aryl methyl sites for hydroxylation is 1. The number of hydrogen-bond acceptors (Lipinski definition) is 2. The third-order valence-corrected chi connectivity index (χ3v) is 4.40. The van der Waals surface area contributed by atoms with Gasteiger partial charge in [0.05, 0.1) is 5.56 Å². The van der Waals surface area contributed by atoms with Gasteiger partial charge in [0, 0.05) is 24.3 Å². The molecule has 116 valence electrons. The Balaban J connectivity index is 2.29. The number of nitrogens with zero attached hydrogens (tertiary/aromatic N) is 1. The summed E-state index contributed by atoms with van der Waals surface area (Å²) in [6, 6.07) is 6.76. The van der Waals surface area contributed by atoms with Crippen LogP contribution in [0.15, 0.2) is 18.2 Å². The summed E-state index contributed by atoms with van der Waals surface area (Å²) in [7, 11) is 0. The molecule has 21 heavy (non-hydrogen) atoms. The van der Waals surface area contributed by atoms with E-state index in [1.165, 1.54) is 12.0 Å². The fourth-order valence-corrected chi connectivity index (χ4v) is 3.21. The fraction of sp³-hybridized carbons (Fsp3) is 0.611. The first-order chi connectivity index (χ1) is 10.0. The quantitative estimate of drug-likeness (QED) is 0.899. The van der Waals surface area contributed by atoms with Crippen molar-refractivity contribution in [2.75, 3.05) is 11.9 Å². The van der Waals surface area contributed by atoms with E-state index in [0.29, 0.717) is 12.1 Å². The number of anilines is 1. The molecule has 1 aromatic carbocycles. The lowest BCUT2D eigenvalue weighted by atomic mass is 9.96. The van der Waals surface area contributed by atoms with E-state index < -0.39 is 0 Å². The van der Waals surface area contributed by atoms with Gasteiger partial charge < -0.3 is 10.2 Å². The van der Waals surface area contributed by atoms with Gasteiger partial charge in [-0.05, 0) is 64.2 Å². The van der Waals surface area contributed by atoms with E-state index in [2.05, 4.69) is 44.0 Å². The highest BCUT2D eigenvalue weighted by atomic mass is 16.2. The fourth-order valence-electron chi connectivity index (χ4n) is 3.21. The molecule has 0 unspecified atom stereocenters. The maximum atomic E-state index is 13.0. The van der Waals surface area contributed by atoms with Gasteiger partial charge in [-0.1, -0.05) is 13.0 Å². The molecule has 1 saturated heterocycles. The minimum atomic E-state index is 0.174. The van der Waals surface area contributed by atoms with Crippen molar-refractivity contribution in [1.29, 1.82) is 0 Å². The molecule has 3 nitrogen and oxygen atoms in total. The van der Waals surface area contributed by atoms with Crippen LogP contribution in [0.4, 0.5) is 5.69 Å². The van der Waals surface area contributed by atoms with Crippen LogP contribution >= 0.6 is 0 Å². The topological polar surface area (TPSA) is 32.3 Å². The molecule has 1 N–H and O–H groups in total. The smallest absolute Gasteiger partial charge is 0.256 e. The molecular weight excluding hydrogens is 260 g/mol. The normalized spacial score (nSPS) is 22.2. The lowest BCUT2D eigenvalue weighted by Crippen LogP contribution is -2.47. The van der Waals surface area contributed by atoms with E-state index in [1.807, 2.05) is 12.1 Å². The summed E-state index contributed by atoms with van der Waals surface area (Å²) in [5.74, 6) is 0.174. The zero-order valence-corrected chi connectivity index (χ0v) is 13.8. The van der Waals surface area contributed by atoms with Gasteiger partial charge in [-0.2, -0.15) is 0 Å². The summed E-state index contributed by atoms with van der Waals surface area (Å²) in [5.41, 5.74) is 2.98. The monoisotopic (exact) mass is 288 g/mol. The van der Waals surface area contributed by atoms with Crippen LogP contribution in [-0.4, -0.2) is 29.4 Å². The molecule has 1 aliphatic heterocycles. The lowest BCUT2D eigenvalue weighted by molar-refractivity contribution is 0.0512. The molecule has 0 aliphatic carbocycles. The molecule has 0 aromatic heterocycles. The predicted octanol–water partition coefficient (Wildman–Crippen LogP) is 4.22. The van der Waals surface area contributed by atoms with Gasteiger partial charge in [0.1, 0.15) is 0 Å². The predicted molar refractivity (Wildman–Crippen MR) is 88.9 cm³/mol. The summed E-state index contributed by atoms with van der Waals surface area (Å²) >= 11 is 0. The lowest BCUT2D eigenvalue weighted by Gasteiger charge is -2.39. The molecule has 3 heteroatoms. The maximum absolute atomic E-state index is 13.0. The zero-order chi connectivity index (χ0) is 15.4. The summed E-state index contributed by atoms with van der Waals surface area (Å²) in [4.78, 5) is 15.1. The maximum Gasteiger partial charge on any atom is 0.256 e. The Morgan fingerprint density at radius 1 is 1.29 bits per heavy atom. The zero-order valence-electron chi connectivity index (χ0n) is 13.8. The average molecular weight is 288 g/mol. The van der Waals surface area contributed by atoms with Crippen LogP contribution in [0.25, 0.3) is 0 Å². The van der Waals surface area contributed by atoms with Crippen LogP contribution in [0.1, 0.15) is 62.4 Å². The third-order valence-electron chi connectivity index (χ3n) is 4.40. The van der Waals surface area contributed by atoms with E-state index in [1.54, 1.807) is 0 Å². The van der Waals surface area contributed by atoms with Crippen LogP contribution in [0, 0.1) is 6.92 Å². The number of amides is 1. The number of rotatable bonds is 4. The van der Waals surface area contributed by atoms with E-state index in [9.17, 15) is 4.79 Å². The first-order valence-corrected chi connectivity index (χ1v) is 8.21. The van der Waals surface area contributed by atoms with Crippen LogP contribution in [0.5, 0.6) is 0 Å². The van der Waals surface area contributed by atoms with Crippen LogP contribution in [0.3, 0.4) is 0 Å². The molecular formula is C18H28N2O. The highest BCUT2D eigenvalue weighted by Crippen LogP contribution is 2.27. The largest absolute Gasteiger partial charge is 0.384 e. The Bertz CT molecular complexity index is 488. The number of carbonyl (C=O) groups is 1. The van der Waals surface area contributed by atoms with Gasteiger partial charge in [0.2, 0.25) is 0 Å². The Labute approximate surface area is 128 Å². The Morgan fingerprint density at radius 3 is 2.57 bits per heavy atom. The SMILES string of the molecule is CCCNc1cc(C)ccc1C(=O)N1[C@H](C)CCC[C@@H]1C. The Hall–Kier alpha value is -1.51.